The zero-order chi connectivity index (χ0) is 25.7. The lowest BCUT2D eigenvalue weighted by Gasteiger charge is -2.32. The van der Waals surface area contributed by atoms with Gasteiger partial charge in [0.05, 0.1) is 41.7 Å². The minimum atomic E-state index is -0.493. The van der Waals surface area contributed by atoms with Crippen molar-refractivity contribution in [2.24, 2.45) is 5.92 Å². The summed E-state index contributed by atoms with van der Waals surface area (Å²) < 4.78 is 10.5. The Hall–Kier alpha value is -3.66. The summed E-state index contributed by atoms with van der Waals surface area (Å²) in [6.45, 7) is 8.01. The van der Waals surface area contributed by atoms with E-state index in [0.717, 1.165) is 31.6 Å². The number of nitro benzene ring substituents is 1. The highest BCUT2D eigenvalue weighted by molar-refractivity contribution is 6.07. The van der Waals surface area contributed by atoms with Gasteiger partial charge < -0.3 is 24.6 Å². The smallest absolute Gasteiger partial charge is 0.338 e. The number of nitrogens with one attached hydrogen (secondary N) is 1. The van der Waals surface area contributed by atoms with Crippen LogP contribution in [-0.2, 0) is 9.47 Å². The third-order valence-electron chi connectivity index (χ3n) is 6.67. The highest BCUT2D eigenvalue weighted by atomic mass is 16.6. The maximum absolute atomic E-state index is 13.3. The molecule has 0 saturated carbocycles. The Morgan fingerprint density at radius 3 is 2.33 bits per heavy atom. The molecule has 10 nitrogen and oxygen atoms in total. The van der Waals surface area contributed by atoms with Crippen LogP contribution in [0.15, 0.2) is 36.4 Å². The number of morpholine rings is 1. The van der Waals surface area contributed by atoms with Gasteiger partial charge in [-0.25, -0.2) is 4.79 Å². The van der Waals surface area contributed by atoms with Gasteiger partial charge in [0.15, 0.2) is 0 Å². The first kappa shape index (κ1) is 25.4. The first-order chi connectivity index (χ1) is 17.4. The number of nitro groups is 1. The van der Waals surface area contributed by atoms with Gasteiger partial charge >= 0.3 is 5.97 Å². The molecule has 0 spiro atoms. The number of nitrogens with zero attached hydrogens (tertiary/aromatic N) is 3. The summed E-state index contributed by atoms with van der Waals surface area (Å²) in [5.74, 6) is -0.388. The van der Waals surface area contributed by atoms with Crippen molar-refractivity contribution in [1.29, 1.82) is 0 Å². The van der Waals surface area contributed by atoms with E-state index in [9.17, 15) is 19.7 Å². The number of ether oxygens (including phenoxy) is 2. The number of anilines is 3. The predicted octanol–water partition coefficient (Wildman–Crippen LogP) is 4.10. The molecule has 0 unspecified atom stereocenters. The summed E-state index contributed by atoms with van der Waals surface area (Å²) in [6, 6.07) is 9.61. The molecule has 0 aromatic heterocycles. The minimum absolute atomic E-state index is 0.0918. The molecule has 10 heteroatoms. The Kier molecular flexibility index (Phi) is 8.04. The second-order valence-corrected chi connectivity index (χ2v) is 9.14. The van der Waals surface area contributed by atoms with E-state index < -0.39 is 16.8 Å². The van der Waals surface area contributed by atoms with Gasteiger partial charge in [-0.05, 0) is 56.0 Å². The third-order valence-corrected chi connectivity index (χ3v) is 6.67. The molecule has 1 N–H and O–H groups in total. The van der Waals surface area contributed by atoms with E-state index in [-0.39, 0.29) is 17.9 Å². The van der Waals surface area contributed by atoms with Crippen molar-refractivity contribution < 1.29 is 24.0 Å². The van der Waals surface area contributed by atoms with Crippen LogP contribution in [0.3, 0.4) is 0 Å². The van der Waals surface area contributed by atoms with Crippen molar-refractivity contribution in [2.45, 2.75) is 26.7 Å². The van der Waals surface area contributed by atoms with Gasteiger partial charge in [0.2, 0.25) is 0 Å². The summed E-state index contributed by atoms with van der Waals surface area (Å²) in [5, 5.41) is 14.7. The number of hydrogen-bond donors (Lipinski definition) is 1. The zero-order valence-electron chi connectivity index (χ0n) is 20.7. The van der Waals surface area contributed by atoms with Crippen LogP contribution >= 0.6 is 0 Å². The molecule has 2 heterocycles. The summed E-state index contributed by atoms with van der Waals surface area (Å²) in [4.78, 5) is 41.1. The van der Waals surface area contributed by atoms with E-state index in [1.54, 1.807) is 37.3 Å². The summed E-state index contributed by atoms with van der Waals surface area (Å²) in [5.41, 5.74) is 2.10. The molecule has 0 bridgehead atoms. The van der Waals surface area contributed by atoms with Crippen LogP contribution in [0.4, 0.5) is 22.7 Å². The van der Waals surface area contributed by atoms with Crippen molar-refractivity contribution >= 4 is 34.6 Å². The maximum atomic E-state index is 13.3. The quantitative estimate of drug-likeness (QED) is 0.346. The van der Waals surface area contributed by atoms with E-state index >= 15 is 0 Å². The molecule has 2 aliphatic heterocycles. The van der Waals surface area contributed by atoms with Gasteiger partial charge in [0.25, 0.3) is 11.6 Å². The van der Waals surface area contributed by atoms with Crippen molar-refractivity contribution in [2.75, 3.05) is 61.1 Å². The van der Waals surface area contributed by atoms with Crippen molar-refractivity contribution in [3.63, 3.8) is 0 Å². The molecule has 2 fully saturated rings. The average molecular weight is 497 g/mol. The molecule has 2 aromatic rings. The molecule has 0 radical (unpaired) electrons. The van der Waals surface area contributed by atoms with Crippen LogP contribution in [0, 0.1) is 16.0 Å². The minimum Gasteiger partial charge on any atom is -0.462 e. The molecular weight excluding hydrogens is 464 g/mol. The molecular formula is C26H32N4O6. The Labute approximate surface area is 210 Å². The molecule has 2 aromatic carbocycles. The number of amides is 1. The Bertz CT molecular complexity index is 1120. The van der Waals surface area contributed by atoms with Gasteiger partial charge in [0.1, 0.15) is 5.69 Å². The summed E-state index contributed by atoms with van der Waals surface area (Å²) in [6.07, 6.45) is 1.95. The molecule has 2 saturated heterocycles. The van der Waals surface area contributed by atoms with Crippen molar-refractivity contribution in [3.8, 4) is 0 Å². The summed E-state index contributed by atoms with van der Waals surface area (Å²) >= 11 is 0. The monoisotopic (exact) mass is 496 g/mol. The number of rotatable bonds is 7. The number of carbonyl (C=O) groups excluding carboxylic acids is 2. The lowest BCUT2D eigenvalue weighted by atomic mass is 9.98. The van der Waals surface area contributed by atoms with Crippen LogP contribution in [0.25, 0.3) is 0 Å². The summed E-state index contributed by atoms with van der Waals surface area (Å²) in [7, 11) is 0. The zero-order valence-corrected chi connectivity index (χ0v) is 20.7. The number of carbonyl (C=O) groups is 2. The van der Waals surface area contributed by atoms with Crippen molar-refractivity contribution in [3.05, 3.63) is 57.6 Å². The fourth-order valence-electron chi connectivity index (χ4n) is 4.58. The standard InChI is InChI=1S/C26H32N4O6/c1-3-36-26(32)20-5-6-22(29-12-14-35-15-13-29)21(16-20)27-25(31)19-4-7-23(24(17-19)30(33)34)28-10-8-18(2)9-11-28/h4-7,16-18H,3,8-15H2,1-2H3,(H,27,31). The highest BCUT2D eigenvalue weighted by Gasteiger charge is 2.26. The van der Waals surface area contributed by atoms with Gasteiger partial charge in [-0.3, -0.25) is 14.9 Å². The Morgan fingerprint density at radius 2 is 1.67 bits per heavy atom. The molecule has 1 amide bonds. The first-order valence-corrected chi connectivity index (χ1v) is 12.4. The normalized spacial score (nSPS) is 16.5. The Balaban J connectivity index is 1.62. The van der Waals surface area contributed by atoms with E-state index in [1.807, 2.05) is 4.90 Å². The second kappa shape index (κ2) is 11.4. The molecule has 0 atom stereocenters. The van der Waals surface area contributed by atoms with Crippen LogP contribution in [0.2, 0.25) is 0 Å². The molecule has 4 rings (SSSR count). The van der Waals surface area contributed by atoms with Gasteiger partial charge in [0, 0.05) is 37.8 Å². The fourth-order valence-corrected chi connectivity index (χ4v) is 4.58. The van der Waals surface area contributed by atoms with Gasteiger partial charge in [-0.1, -0.05) is 6.92 Å². The lowest BCUT2D eigenvalue weighted by Crippen LogP contribution is -2.36. The first-order valence-electron chi connectivity index (χ1n) is 12.4. The molecule has 0 aliphatic carbocycles. The van der Waals surface area contributed by atoms with Crippen molar-refractivity contribution in [1.82, 2.24) is 0 Å². The SMILES string of the molecule is CCOC(=O)c1ccc(N2CCOCC2)c(NC(=O)c2ccc(N3CCC(C)CC3)c([N+](=O)[O-])c2)c1. The molecule has 2 aliphatic rings. The largest absolute Gasteiger partial charge is 0.462 e. The number of benzene rings is 2. The number of piperidine rings is 1. The van der Waals surface area contributed by atoms with E-state index in [0.29, 0.717) is 49.2 Å². The van der Waals surface area contributed by atoms with E-state index in [2.05, 4.69) is 17.1 Å². The van der Waals surface area contributed by atoms with Crippen LogP contribution in [0.5, 0.6) is 0 Å². The van der Waals surface area contributed by atoms with Crippen LogP contribution < -0.4 is 15.1 Å². The maximum Gasteiger partial charge on any atom is 0.338 e. The van der Waals surface area contributed by atoms with Crippen LogP contribution in [0.1, 0.15) is 47.4 Å². The number of hydrogen-bond acceptors (Lipinski definition) is 8. The van der Waals surface area contributed by atoms with Gasteiger partial charge in [-0.15, -0.1) is 0 Å². The third kappa shape index (κ3) is 5.76. The van der Waals surface area contributed by atoms with Gasteiger partial charge in [-0.2, -0.15) is 0 Å². The Morgan fingerprint density at radius 1 is 1.03 bits per heavy atom. The van der Waals surface area contributed by atoms with E-state index in [4.69, 9.17) is 9.47 Å². The topological polar surface area (TPSA) is 114 Å². The number of esters is 1. The average Bonchev–Trinajstić information content (AvgIpc) is 2.89. The molecule has 192 valence electrons. The predicted molar refractivity (Wildman–Crippen MR) is 137 cm³/mol. The second-order valence-electron chi connectivity index (χ2n) is 9.14. The fraction of sp³-hybridized carbons (Fsp3) is 0.462. The van der Waals surface area contributed by atoms with Crippen LogP contribution in [-0.4, -0.2) is 62.8 Å². The highest BCUT2D eigenvalue weighted by Crippen LogP contribution is 2.33. The van der Waals surface area contributed by atoms with E-state index in [1.165, 1.54) is 6.07 Å². The molecule has 36 heavy (non-hydrogen) atoms. The lowest BCUT2D eigenvalue weighted by molar-refractivity contribution is -0.384.